The molecule has 0 unspecified atom stereocenters. The van der Waals surface area contributed by atoms with Crippen LogP contribution in [0.4, 0.5) is 5.69 Å². The van der Waals surface area contributed by atoms with Crippen molar-refractivity contribution in [3.05, 3.63) is 102 Å². The third-order valence-electron chi connectivity index (χ3n) is 5.69. The van der Waals surface area contributed by atoms with Gasteiger partial charge in [0, 0.05) is 34.3 Å². The van der Waals surface area contributed by atoms with Crippen molar-refractivity contribution in [1.82, 2.24) is 9.38 Å². The number of phenolic OH excluding ortho intramolecular Hbond substituents is 1. The second-order valence-corrected chi connectivity index (χ2v) is 8.14. The monoisotopic (exact) mass is 433 g/mol. The maximum Gasteiger partial charge on any atom is 0.248 e. The first-order valence-corrected chi connectivity index (χ1v) is 10.7. The summed E-state index contributed by atoms with van der Waals surface area (Å²) in [4.78, 5) is 17.7. The molecule has 33 heavy (non-hydrogen) atoms. The number of pyridine rings is 1. The maximum absolute atomic E-state index is 12.8. The van der Waals surface area contributed by atoms with Crippen LogP contribution >= 0.6 is 0 Å². The summed E-state index contributed by atoms with van der Waals surface area (Å²) in [5, 5.41) is 14.5. The highest BCUT2D eigenvalue weighted by atomic mass is 16.3. The third kappa shape index (κ3) is 3.96. The average Bonchev–Trinajstić information content (AvgIpc) is 3.16. The Bertz CT molecular complexity index is 1530. The largest absolute Gasteiger partial charge is 0.507 e. The molecule has 0 saturated heterocycles. The minimum absolute atomic E-state index is 0.183. The van der Waals surface area contributed by atoms with E-state index in [1.807, 2.05) is 66.1 Å². The zero-order chi connectivity index (χ0) is 22.9. The molecule has 0 aliphatic heterocycles. The lowest BCUT2D eigenvalue weighted by Gasteiger charge is -2.08. The molecule has 2 N–H and O–H groups in total. The van der Waals surface area contributed by atoms with Crippen LogP contribution in [0.25, 0.3) is 33.8 Å². The zero-order valence-corrected chi connectivity index (χ0v) is 18.4. The number of fused-ring (bicyclic) bond motifs is 2. The molecule has 2 heterocycles. The standard InChI is InChI=1S/C28H23N3O2/c1-18-9-11-20(12-10-18)28-24(31-16-15-19(2)17-26(31)30-28)13-14-27(33)29-23-7-3-6-22-21(23)5-4-8-25(22)32/h3-17,32H,1-2H3,(H,29,33)/b14-13+. The predicted octanol–water partition coefficient (Wildman–Crippen LogP) is 6.13. The zero-order valence-electron chi connectivity index (χ0n) is 18.4. The van der Waals surface area contributed by atoms with Crippen molar-refractivity contribution in [2.75, 3.05) is 5.32 Å². The molecule has 0 bridgehead atoms. The molecule has 5 aromatic rings. The Kier molecular flexibility index (Phi) is 5.15. The van der Waals surface area contributed by atoms with Gasteiger partial charge in [-0.2, -0.15) is 0 Å². The van der Waals surface area contributed by atoms with Crippen molar-refractivity contribution >= 4 is 34.1 Å². The van der Waals surface area contributed by atoms with E-state index in [0.29, 0.717) is 11.1 Å². The van der Waals surface area contributed by atoms with Crippen LogP contribution in [0.15, 0.2) is 85.1 Å². The number of aromatic hydroxyl groups is 1. The molecular formula is C28H23N3O2. The fraction of sp³-hybridized carbons (Fsp3) is 0.0714. The maximum atomic E-state index is 12.8. The Balaban J connectivity index is 1.52. The minimum atomic E-state index is -0.261. The van der Waals surface area contributed by atoms with Crippen LogP contribution < -0.4 is 5.32 Å². The topological polar surface area (TPSA) is 66.6 Å². The van der Waals surface area contributed by atoms with Crippen LogP contribution in [-0.4, -0.2) is 20.4 Å². The Labute approximate surface area is 191 Å². The van der Waals surface area contributed by atoms with Gasteiger partial charge in [0.05, 0.1) is 11.4 Å². The molecule has 3 aromatic carbocycles. The quantitative estimate of drug-likeness (QED) is 0.335. The summed E-state index contributed by atoms with van der Waals surface area (Å²) in [6, 6.07) is 23.0. The van der Waals surface area contributed by atoms with Crippen molar-refractivity contribution in [3.8, 4) is 17.0 Å². The van der Waals surface area contributed by atoms with Gasteiger partial charge in [-0.25, -0.2) is 4.98 Å². The van der Waals surface area contributed by atoms with E-state index in [4.69, 9.17) is 4.98 Å². The fourth-order valence-electron chi connectivity index (χ4n) is 3.98. The number of nitrogens with one attached hydrogen (secondary N) is 1. The molecule has 0 aliphatic carbocycles. The van der Waals surface area contributed by atoms with Crippen molar-refractivity contribution in [2.24, 2.45) is 0 Å². The van der Waals surface area contributed by atoms with E-state index in [0.717, 1.165) is 33.5 Å². The molecule has 0 spiro atoms. The number of hydrogen-bond acceptors (Lipinski definition) is 3. The number of phenols is 1. The molecule has 0 fully saturated rings. The number of carbonyl (C=O) groups excluding carboxylic acids is 1. The lowest BCUT2D eigenvalue weighted by atomic mass is 10.1. The first-order valence-electron chi connectivity index (χ1n) is 10.7. The van der Waals surface area contributed by atoms with Gasteiger partial charge in [-0.1, -0.05) is 54.1 Å². The predicted molar refractivity (Wildman–Crippen MR) is 133 cm³/mol. The number of imidazole rings is 1. The highest BCUT2D eigenvalue weighted by molar-refractivity contribution is 6.08. The van der Waals surface area contributed by atoms with Gasteiger partial charge in [0.2, 0.25) is 5.91 Å². The number of amides is 1. The molecule has 0 radical (unpaired) electrons. The molecule has 0 aliphatic rings. The first-order chi connectivity index (χ1) is 16.0. The number of nitrogens with zero attached hydrogens (tertiary/aromatic N) is 2. The number of rotatable bonds is 4. The molecule has 0 saturated carbocycles. The smallest absolute Gasteiger partial charge is 0.248 e. The van der Waals surface area contributed by atoms with Crippen LogP contribution in [0.1, 0.15) is 16.8 Å². The molecule has 162 valence electrons. The van der Waals surface area contributed by atoms with Crippen molar-refractivity contribution < 1.29 is 9.90 Å². The average molecular weight is 434 g/mol. The summed E-state index contributed by atoms with van der Waals surface area (Å²) < 4.78 is 1.99. The number of aromatic nitrogens is 2. The molecule has 2 aromatic heterocycles. The van der Waals surface area contributed by atoms with E-state index >= 15 is 0 Å². The van der Waals surface area contributed by atoms with Crippen molar-refractivity contribution in [1.29, 1.82) is 0 Å². The number of hydrogen-bond donors (Lipinski definition) is 2. The van der Waals surface area contributed by atoms with E-state index in [1.54, 1.807) is 18.2 Å². The van der Waals surface area contributed by atoms with Crippen molar-refractivity contribution in [2.45, 2.75) is 13.8 Å². The fourth-order valence-corrected chi connectivity index (χ4v) is 3.98. The molecular weight excluding hydrogens is 410 g/mol. The summed E-state index contributed by atoms with van der Waals surface area (Å²) in [6.45, 7) is 4.08. The second kappa shape index (κ2) is 8.28. The van der Waals surface area contributed by atoms with E-state index in [9.17, 15) is 9.90 Å². The van der Waals surface area contributed by atoms with Crippen LogP contribution in [-0.2, 0) is 4.79 Å². The van der Waals surface area contributed by atoms with Gasteiger partial charge in [0.1, 0.15) is 11.4 Å². The molecule has 5 rings (SSSR count). The van der Waals surface area contributed by atoms with Gasteiger partial charge in [-0.3, -0.25) is 9.20 Å². The van der Waals surface area contributed by atoms with E-state index in [1.165, 1.54) is 11.6 Å². The number of anilines is 1. The summed E-state index contributed by atoms with van der Waals surface area (Å²) in [5.41, 5.74) is 6.41. The van der Waals surface area contributed by atoms with Gasteiger partial charge in [0.15, 0.2) is 0 Å². The van der Waals surface area contributed by atoms with Gasteiger partial charge < -0.3 is 10.4 Å². The van der Waals surface area contributed by atoms with Crippen LogP contribution in [0.2, 0.25) is 0 Å². The molecule has 1 amide bonds. The van der Waals surface area contributed by atoms with Crippen molar-refractivity contribution in [3.63, 3.8) is 0 Å². The normalized spacial score (nSPS) is 11.5. The number of aryl methyl sites for hydroxylation is 2. The highest BCUT2D eigenvalue weighted by Crippen LogP contribution is 2.30. The number of carbonyl (C=O) groups is 1. The van der Waals surface area contributed by atoms with Gasteiger partial charge >= 0.3 is 0 Å². The summed E-state index contributed by atoms with van der Waals surface area (Å²) in [5.74, 6) is -0.0781. The van der Waals surface area contributed by atoms with E-state index in [-0.39, 0.29) is 11.7 Å². The van der Waals surface area contributed by atoms with Crippen LogP contribution in [0.3, 0.4) is 0 Å². The Morgan fingerprint density at radius 2 is 1.70 bits per heavy atom. The van der Waals surface area contributed by atoms with E-state index in [2.05, 4.69) is 24.4 Å². The lowest BCUT2D eigenvalue weighted by Crippen LogP contribution is -2.08. The summed E-state index contributed by atoms with van der Waals surface area (Å²) in [6.07, 6.45) is 5.28. The van der Waals surface area contributed by atoms with Crippen LogP contribution in [0.5, 0.6) is 5.75 Å². The van der Waals surface area contributed by atoms with E-state index < -0.39 is 0 Å². The Morgan fingerprint density at radius 1 is 0.939 bits per heavy atom. The Morgan fingerprint density at radius 3 is 2.52 bits per heavy atom. The highest BCUT2D eigenvalue weighted by Gasteiger charge is 2.13. The third-order valence-corrected chi connectivity index (χ3v) is 5.69. The number of benzene rings is 3. The van der Waals surface area contributed by atoms with Crippen LogP contribution in [0, 0.1) is 13.8 Å². The van der Waals surface area contributed by atoms with Gasteiger partial charge in [0.25, 0.3) is 0 Å². The SMILES string of the molecule is Cc1ccc(-c2nc3cc(C)ccn3c2/C=C/C(=O)Nc2cccc3c(O)cccc23)cc1. The van der Waals surface area contributed by atoms with Gasteiger partial charge in [-0.05, 0) is 49.8 Å². The minimum Gasteiger partial charge on any atom is -0.507 e. The Hall–Kier alpha value is -4.38. The molecule has 0 atom stereocenters. The summed E-state index contributed by atoms with van der Waals surface area (Å²) in [7, 11) is 0. The molecule has 5 nitrogen and oxygen atoms in total. The van der Waals surface area contributed by atoms with Gasteiger partial charge in [-0.15, -0.1) is 0 Å². The lowest BCUT2D eigenvalue weighted by molar-refractivity contribution is -0.111. The summed E-state index contributed by atoms with van der Waals surface area (Å²) >= 11 is 0. The second-order valence-electron chi connectivity index (χ2n) is 8.14. The first kappa shape index (κ1) is 20.5. The molecule has 5 heteroatoms.